The summed E-state index contributed by atoms with van der Waals surface area (Å²) in [5.74, 6) is 0. The largest absolute Gasteiger partial charge is 0.696 e. The summed E-state index contributed by atoms with van der Waals surface area (Å²) in [6.07, 6.45) is 0. The van der Waals surface area contributed by atoms with E-state index in [4.69, 9.17) is 5.26 Å². The van der Waals surface area contributed by atoms with E-state index in [2.05, 4.69) is 12.6 Å². The molecule has 0 spiro atoms. The van der Waals surface area contributed by atoms with Gasteiger partial charge >= 0.3 is 0 Å². The molecule has 0 aromatic rings. The van der Waals surface area contributed by atoms with Crippen LogP contribution in [-0.4, -0.2) is 51.4 Å². The van der Waals surface area contributed by atoms with Gasteiger partial charge in [0, 0.05) is 51.4 Å². The molecule has 0 bridgehead atoms. The first-order chi connectivity index (χ1) is 1.41. The van der Waals surface area contributed by atoms with Crippen molar-refractivity contribution >= 4 is 64.0 Å². The number of nitrogens with zero attached hydrogens (tertiary/aromatic N) is 1. The molecule has 0 aromatic carbocycles. The first-order valence-corrected chi connectivity index (χ1v) is 0.836. The molecule has 3 heteroatoms. The van der Waals surface area contributed by atoms with Gasteiger partial charge in [-0.2, -0.15) is 0 Å². The topological polar surface area (TPSA) is 23.8 Å². The number of rotatable bonds is 0. The van der Waals surface area contributed by atoms with Crippen molar-refractivity contribution < 1.29 is 0 Å². The predicted molar refractivity (Wildman–Crippen MR) is 18.7 cm³/mol. The van der Waals surface area contributed by atoms with Crippen molar-refractivity contribution in [3.63, 3.8) is 0 Å². The summed E-state index contributed by atoms with van der Waals surface area (Å²) in [6, 6.07) is 0. The van der Waals surface area contributed by atoms with Crippen molar-refractivity contribution in [1.82, 2.24) is 0 Å². The Labute approximate surface area is 73.2 Å². The summed E-state index contributed by atoms with van der Waals surface area (Å²) in [4.78, 5) is 0. The third-order valence-corrected chi connectivity index (χ3v) is 0. The summed E-state index contributed by atoms with van der Waals surface area (Å²) in [5.41, 5.74) is 0. The maximum Gasteiger partial charge on any atom is 0 e. The number of nitriles is 1. The second-order valence-corrected chi connectivity index (χ2v) is 0.274. The first-order valence-electron chi connectivity index (χ1n) is 0.428. The Morgan fingerprint density at radius 2 is 1.75 bits per heavy atom. The molecule has 0 aliphatic rings. The van der Waals surface area contributed by atoms with Crippen molar-refractivity contribution in [2.45, 2.75) is 0 Å². The van der Waals surface area contributed by atoms with Gasteiger partial charge in [-0.25, -0.2) is 5.26 Å². The molecule has 0 aliphatic carbocycles. The third-order valence-electron chi connectivity index (χ3n) is 0. The second-order valence-electron chi connectivity index (χ2n) is 0.0913. The van der Waals surface area contributed by atoms with Crippen LogP contribution in [0.5, 0.6) is 0 Å². The molecular formula is CKNS-. The zero-order chi connectivity index (χ0) is 2.71. The van der Waals surface area contributed by atoms with Gasteiger partial charge < -0.3 is 12.6 Å². The van der Waals surface area contributed by atoms with E-state index in [-0.39, 0.29) is 51.4 Å². The average Bonchev–Trinajstić information content (AvgIpc) is 0.918. The quantitative estimate of drug-likeness (QED) is 0.234. The first kappa shape index (κ1) is 9.02. The molecule has 0 saturated heterocycles. The fourth-order valence-corrected chi connectivity index (χ4v) is 0. The molecule has 0 atom stereocenters. The van der Waals surface area contributed by atoms with Crippen molar-refractivity contribution in [1.29, 1.82) is 5.26 Å². The van der Waals surface area contributed by atoms with Gasteiger partial charge in [0.25, 0.3) is 0 Å². The fraction of sp³-hybridized carbons (Fsp3) is 0. The maximum atomic E-state index is 7.13. The van der Waals surface area contributed by atoms with E-state index in [9.17, 15) is 0 Å². The van der Waals surface area contributed by atoms with E-state index >= 15 is 0 Å². The molecular weight excluding hydrogens is 97.2 g/mol. The van der Waals surface area contributed by atoms with Crippen LogP contribution in [0.4, 0.5) is 0 Å². The molecule has 17 valence electrons. The number of hydrogen-bond acceptors (Lipinski definition) is 2. The Bertz CT molecular complexity index is 29.5. The van der Waals surface area contributed by atoms with E-state index in [0.717, 1.165) is 0 Å². The van der Waals surface area contributed by atoms with Crippen LogP contribution in [0.2, 0.25) is 0 Å². The van der Waals surface area contributed by atoms with Crippen LogP contribution in [0.3, 0.4) is 0 Å². The Hall–Kier alpha value is 1.35. The molecule has 0 fully saturated rings. The van der Waals surface area contributed by atoms with Crippen molar-refractivity contribution in [2.75, 3.05) is 0 Å². The van der Waals surface area contributed by atoms with Gasteiger partial charge in [0.05, 0.1) is 0 Å². The zero-order valence-electron chi connectivity index (χ0n) is 2.36. The number of hydrogen-bond donors (Lipinski definition) is 0. The van der Waals surface area contributed by atoms with E-state index in [1.807, 2.05) is 0 Å². The summed E-state index contributed by atoms with van der Waals surface area (Å²) in [7, 11) is 0. The van der Waals surface area contributed by atoms with Gasteiger partial charge in [-0.05, 0) is 0 Å². The van der Waals surface area contributed by atoms with Crippen LogP contribution in [0.1, 0.15) is 0 Å². The van der Waals surface area contributed by atoms with Crippen LogP contribution in [0, 0.1) is 10.7 Å². The minimum atomic E-state index is 0. The van der Waals surface area contributed by atoms with Gasteiger partial charge in [0.2, 0.25) is 0 Å². The van der Waals surface area contributed by atoms with Gasteiger partial charge in [-0.15, -0.1) is 0 Å². The second kappa shape index (κ2) is 8.84. The third kappa shape index (κ3) is 10.2. The molecule has 0 aliphatic heterocycles. The standard InChI is InChI=1S/CHNS.K/c2-1-3;/h3H;/p-1. The van der Waals surface area contributed by atoms with Crippen molar-refractivity contribution in [3.8, 4) is 5.40 Å². The molecule has 0 heterocycles. The van der Waals surface area contributed by atoms with Crippen LogP contribution < -0.4 is 0 Å². The van der Waals surface area contributed by atoms with Crippen LogP contribution >= 0.6 is 0 Å². The molecule has 0 unspecified atom stereocenters. The predicted octanol–water partition coefficient (Wildman–Crippen LogP) is -0.366. The molecule has 0 rings (SSSR count). The monoisotopic (exact) mass is 96.9 g/mol. The van der Waals surface area contributed by atoms with Gasteiger partial charge in [-0.1, -0.05) is 5.40 Å². The van der Waals surface area contributed by atoms with Gasteiger partial charge in [-0.3, -0.25) is 0 Å². The minimum Gasteiger partial charge on any atom is -0.696 e. The molecule has 4 heavy (non-hydrogen) atoms. The zero-order valence-corrected chi connectivity index (χ0v) is 6.30. The number of thiocyanates is 1. The van der Waals surface area contributed by atoms with Crippen LogP contribution in [0.15, 0.2) is 0 Å². The summed E-state index contributed by atoms with van der Waals surface area (Å²) in [6.45, 7) is 0. The molecule has 0 amide bonds. The molecule has 0 N–H and O–H groups in total. The Kier molecular flexibility index (Phi) is 19.9. The Morgan fingerprint density at radius 1 is 1.75 bits per heavy atom. The van der Waals surface area contributed by atoms with E-state index in [0.29, 0.717) is 0 Å². The fourth-order valence-electron chi connectivity index (χ4n) is 0. The normalized spacial score (nSPS) is 1.75. The summed E-state index contributed by atoms with van der Waals surface area (Å²) in [5, 5.41) is 8.47. The Morgan fingerprint density at radius 3 is 1.75 bits per heavy atom. The van der Waals surface area contributed by atoms with Crippen molar-refractivity contribution in [3.05, 3.63) is 0 Å². The van der Waals surface area contributed by atoms with E-state index in [1.165, 1.54) is 5.40 Å². The molecule has 1 nitrogen and oxygen atoms in total. The van der Waals surface area contributed by atoms with Gasteiger partial charge in [0.15, 0.2) is 0 Å². The molecule has 0 saturated carbocycles. The smallest absolute Gasteiger partial charge is 0 e. The maximum absolute atomic E-state index is 7.13. The summed E-state index contributed by atoms with van der Waals surface area (Å²) < 4.78 is 0. The van der Waals surface area contributed by atoms with E-state index < -0.39 is 0 Å². The minimum absolute atomic E-state index is 0. The average molecular weight is 97.2 g/mol. The SMILES string of the molecule is N#C[S-].[K]. The van der Waals surface area contributed by atoms with Crippen LogP contribution in [0.25, 0.3) is 0 Å². The van der Waals surface area contributed by atoms with Crippen LogP contribution in [-0.2, 0) is 12.6 Å². The Balaban J connectivity index is 0. The van der Waals surface area contributed by atoms with Gasteiger partial charge in [0.1, 0.15) is 0 Å². The van der Waals surface area contributed by atoms with E-state index in [1.54, 1.807) is 0 Å². The molecule has 0 aromatic heterocycles. The summed E-state index contributed by atoms with van der Waals surface area (Å²) >= 11 is 3.70. The van der Waals surface area contributed by atoms with Crippen molar-refractivity contribution in [2.24, 2.45) is 0 Å². The molecule has 1 radical (unpaired) electrons.